The topological polar surface area (TPSA) is 32.6 Å². The molecule has 0 saturated heterocycles. The quantitative estimate of drug-likeness (QED) is 0.522. The summed E-state index contributed by atoms with van der Waals surface area (Å²) >= 11 is 10.8. The van der Waals surface area contributed by atoms with E-state index in [1.807, 2.05) is 0 Å². The van der Waals surface area contributed by atoms with Crippen molar-refractivity contribution in [1.29, 1.82) is 0 Å². The molecular formula is C6H11Cl2NO. The van der Waals surface area contributed by atoms with Crippen LogP contribution < -0.4 is 0 Å². The molecule has 0 spiro atoms. The lowest BCUT2D eigenvalue weighted by Crippen LogP contribution is -2.02. The molecule has 0 aromatic heterocycles. The van der Waals surface area contributed by atoms with Crippen molar-refractivity contribution in [2.75, 3.05) is 12.4 Å². The Balaban J connectivity index is 3.34. The Hall–Kier alpha value is 0.210. The Morgan fingerprint density at radius 2 is 2.30 bits per heavy atom. The second-order valence-electron chi connectivity index (χ2n) is 2.03. The Morgan fingerprint density at radius 1 is 1.70 bits per heavy atom. The van der Waals surface area contributed by atoms with E-state index in [0.717, 1.165) is 0 Å². The fraction of sp³-hybridized carbons (Fsp3) is 0.833. The van der Waals surface area contributed by atoms with Gasteiger partial charge in [0.25, 0.3) is 0 Å². The highest BCUT2D eigenvalue weighted by atomic mass is 35.5. The molecule has 60 valence electrons. The zero-order chi connectivity index (χ0) is 7.98. The van der Waals surface area contributed by atoms with E-state index in [1.54, 1.807) is 6.92 Å². The van der Waals surface area contributed by atoms with Gasteiger partial charge in [-0.05, 0) is 13.3 Å². The predicted molar refractivity (Wildman–Crippen MR) is 45.2 cm³/mol. The third kappa shape index (κ3) is 6.33. The van der Waals surface area contributed by atoms with E-state index in [2.05, 4.69) is 4.99 Å². The summed E-state index contributed by atoms with van der Waals surface area (Å²) in [6.45, 7) is 2.26. The van der Waals surface area contributed by atoms with Crippen LogP contribution in [0.5, 0.6) is 0 Å². The van der Waals surface area contributed by atoms with E-state index in [9.17, 15) is 0 Å². The molecular weight excluding hydrogens is 173 g/mol. The minimum atomic E-state index is -0.316. The molecule has 0 amide bonds. The largest absolute Gasteiger partial charge is 0.393 e. The number of rotatable bonds is 4. The second-order valence-corrected chi connectivity index (χ2v) is 2.73. The van der Waals surface area contributed by atoms with Crippen molar-refractivity contribution in [2.45, 2.75) is 19.4 Å². The summed E-state index contributed by atoms with van der Waals surface area (Å²) in [4.78, 5) is 3.87. The molecule has 0 saturated carbocycles. The highest BCUT2D eigenvalue weighted by molar-refractivity contribution is 6.69. The fourth-order valence-corrected chi connectivity index (χ4v) is 0.584. The zero-order valence-electron chi connectivity index (χ0n) is 5.85. The van der Waals surface area contributed by atoms with Crippen LogP contribution in [-0.2, 0) is 0 Å². The maximum Gasteiger partial charge on any atom is 0.115 e. The van der Waals surface area contributed by atoms with Crippen LogP contribution in [0, 0.1) is 0 Å². The molecule has 0 aliphatic heterocycles. The number of aliphatic imine (C=N–C) groups is 1. The summed E-state index contributed by atoms with van der Waals surface area (Å²) in [5, 5.41) is 9.20. The molecule has 1 unspecified atom stereocenters. The predicted octanol–water partition coefficient (Wildman–Crippen LogP) is 1.63. The maximum atomic E-state index is 8.79. The van der Waals surface area contributed by atoms with Crippen LogP contribution >= 0.6 is 23.2 Å². The molecule has 0 fully saturated rings. The normalized spacial score (nSPS) is 15.4. The first kappa shape index (κ1) is 10.2. The van der Waals surface area contributed by atoms with Crippen LogP contribution in [0.2, 0.25) is 0 Å². The van der Waals surface area contributed by atoms with Gasteiger partial charge in [0.15, 0.2) is 0 Å². The Labute approximate surface area is 70.9 Å². The van der Waals surface area contributed by atoms with E-state index in [4.69, 9.17) is 28.3 Å². The first-order valence-electron chi connectivity index (χ1n) is 3.09. The summed E-state index contributed by atoms with van der Waals surface area (Å²) < 4.78 is 0. The first-order chi connectivity index (χ1) is 4.66. The average molecular weight is 184 g/mol. The van der Waals surface area contributed by atoms with Crippen LogP contribution in [0.1, 0.15) is 13.3 Å². The van der Waals surface area contributed by atoms with E-state index in [1.165, 1.54) is 0 Å². The van der Waals surface area contributed by atoms with Gasteiger partial charge in [-0.3, -0.25) is 4.99 Å². The summed E-state index contributed by atoms with van der Waals surface area (Å²) in [6.07, 6.45) is 0.316. The molecule has 2 nitrogen and oxygen atoms in total. The molecule has 0 aromatic carbocycles. The number of halogens is 2. The highest BCUT2D eigenvalue weighted by Crippen LogP contribution is 1.94. The van der Waals surface area contributed by atoms with Crippen molar-refractivity contribution >= 4 is 28.4 Å². The van der Waals surface area contributed by atoms with Crippen molar-refractivity contribution in [3.63, 3.8) is 0 Å². The van der Waals surface area contributed by atoms with Crippen LogP contribution in [0.3, 0.4) is 0 Å². The SMILES string of the molecule is CC(O)CCN=C(Cl)CCl. The van der Waals surface area contributed by atoms with Crippen molar-refractivity contribution in [3.05, 3.63) is 0 Å². The maximum absolute atomic E-state index is 8.79. The van der Waals surface area contributed by atoms with E-state index < -0.39 is 0 Å². The van der Waals surface area contributed by atoms with Crippen molar-refractivity contribution in [3.8, 4) is 0 Å². The molecule has 1 atom stereocenters. The van der Waals surface area contributed by atoms with Gasteiger partial charge in [-0.15, -0.1) is 11.6 Å². The number of nitrogens with zero attached hydrogens (tertiary/aromatic N) is 1. The number of hydrogen-bond donors (Lipinski definition) is 1. The van der Waals surface area contributed by atoms with Gasteiger partial charge in [-0.25, -0.2) is 0 Å². The molecule has 0 heterocycles. The average Bonchev–Trinajstić information content (AvgIpc) is 1.87. The van der Waals surface area contributed by atoms with E-state index in [0.29, 0.717) is 18.1 Å². The summed E-state index contributed by atoms with van der Waals surface area (Å²) in [7, 11) is 0. The van der Waals surface area contributed by atoms with Crippen LogP contribution in [0.4, 0.5) is 0 Å². The van der Waals surface area contributed by atoms with Gasteiger partial charge in [0.2, 0.25) is 0 Å². The lowest BCUT2D eigenvalue weighted by molar-refractivity contribution is 0.187. The van der Waals surface area contributed by atoms with E-state index >= 15 is 0 Å². The number of aliphatic hydroxyl groups excluding tert-OH is 1. The van der Waals surface area contributed by atoms with Gasteiger partial charge in [0, 0.05) is 6.54 Å². The van der Waals surface area contributed by atoms with Crippen LogP contribution in [0.25, 0.3) is 0 Å². The van der Waals surface area contributed by atoms with Crippen molar-refractivity contribution in [2.24, 2.45) is 4.99 Å². The lowest BCUT2D eigenvalue weighted by atomic mass is 10.3. The molecule has 0 radical (unpaired) electrons. The van der Waals surface area contributed by atoms with Gasteiger partial charge in [-0.2, -0.15) is 0 Å². The Bertz CT molecular complexity index is 114. The monoisotopic (exact) mass is 183 g/mol. The molecule has 0 aliphatic rings. The van der Waals surface area contributed by atoms with Crippen molar-refractivity contribution < 1.29 is 5.11 Å². The van der Waals surface area contributed by atoms with E-state index in [-0.39, 0.29) is 12.0 Å². The lowest BCUT2D eigenvalue weighted by Gasteiger charge is -1.98. The Kier molecular flexibility index (Phi) is 6.08. The third-order valence-corrected chi connectivity index (χ3v) is 1.58. The highest BCUT2D eigenvalue weighted by Gasteiger charge is 1.94. The van der Waals surface area contributed by atoms with Gasteiger partial charge < -0.3 is 5.11 Å². The summed E-state index contributed by atoms with van der Waals surface area (Å²) in [5.41, 5.74) is 0. The standard InChI is InChI=1S/C6H11Cl2NO/c1-5(10)2-3-9-6(8)4-7/h5,10H,2-4H2,1H3. The number of aliphatic hydroxyl groups is 1. The minimum Gasteiger partial charge on any atom is -0.393 e. The molecule has 4 heteroatoms. The van der Waals surface area contributed by atoms with Crippen molar-refractivity contribution in [1.82, 2.24) is 0 Å². The first-order valence-corrected chi connectivity index (χ1v) is 4.01. The third-order valence-electron chi connectivity index (χ3n) is 0.941. The van der Waals surface area contributed by atoms with Crippen LogP contribution in [-0.4, -0.2) is 28.8 Å². The minimum absolute atomic E-state index is 0.251. The number of alkyl halides is 1. The molecule has 1 N–H and O–H groups in total. The molecule has 10 heavy (non-hydrogen) atoms. The van der Waals surface area contributed by atoms with Gasteiger partial charge >= 0.3 is 0 Å². The number of hydrogen-bond acceptors (Lipinski definition) is 2. The van der Waals surface area contributed by atoms with Gasteiger partial charge in [-0.1, -0.05) is 11.6 Å². The fourth-order valence-electron chi connectivity index (χ4n) is 0.415. The summed E-state index contributed by atoms with van der Waals surface area (Å²) in [6, 6.07) is 0. The van der Waals surface area contributed by atoms with Gasteiger partial charge in [0.05, 0.1) is 12.0 Å². The second kappa shape index (κ2) is 5.96. The van der Waals surface area contributed by atoms with Crippen LogP contribution in [0.15, 0.2) is 4.99 Å². The smallest absolute Gasteiger partial charge is 0.115 e. The zero-order valence-corrected chi connectivity index (χ0v) is 7.36. The molecule has 0 aromatic rings. The molecule has 0 aliphatic carbocycles. The molecule has 0 bridgehead atoms. The van der Waals surface area contributed by atoms with Gasteiger partial charge in [0.1, 0.15) is 5.17 Å². The molecule has 0 rings (SSSR count). The summed E-state index contributed by atoms with van der Waals surface area (Å²) in [5.74, 6) is 0.251. The Morgan fingerprint density at radius 3 is 2.70 bits per heavy atom.